The minimum Gasteiger partial charge on any atom is -0.480 e. The number of aliphatic carboxylic acids is 2. The number of cyclic esters (lactones) is 2. The minimum atomic E-state index is -1.13. The van der Waals surface area contributed by atoms with Crippen molar-refractivity contribution in [3.05, 3.63) is 0 Å². The molecule has 0 amide bonds. The quantitative estimate of drug-likeness (QED) is 0.572. The van der Waals surface area contributed by atoms with Crippen LogP contribution in [0.5, 0.6) is 0 Å². The van der Waals surface area contributed by atoms with E-state index in [0.29, 0.717) is 0 Å². The number of carboxylic acids is 2. The van der Waals surface area contributed by atoms with Gasteiger partial charge in [-0.2, -0.15) is 0 Å². The molecule has 0 aromatic heterocycles. The lowest BCUT2D eigenvalue weighted by atomic mass is 10.4. The topological polar surface area (TPSA) is 134 Å². The standard InChI is InChI=1S/C12H18N2O8/c1-8-21-11(19)6-13(4-9(15)16)2-3-14(5-10(17)18)7-12(20)22-8/h8H,2-7H2,1H3,(H,15,16)(H,17,18). The lowest BCUT2D eigenvalue weighted by Crippen LogP contribution is -2.43. The normalized spacial score (nSPS) is 19.9. The summed E-state index contributed by atoms with van der Waals surface area (Å²) in [4.78, 5) is 47.4. The summed E-state index contributed by atoms with van der Waals surface area (Å²) >= 11 is 0. The predicted octanol–water partition coefficient (Wildman–Crippen LogP) is -1.79. The summed E-state index contributed by atoms with van der Waals surface area (Å²) in [5.74, 6) is -3.72. The molecule has 0 aliphatic carbocycles. The number of rotatable bonds is 4. The van der Waals surface area contributed by atoms with Gasteiger partial charge < -0.3 is 19.7 Å². The first-order valence-electron chi connectivity index (χ1n) is 6.53. The Morgan fingerprint density at radius 3 is 1.68 bits per heavy atom. The fourth-order valence-electron chi connectivity index (χ4n) is 1.93. The Balaban J connectivity index is 2.82. The smallest absolute Gasteiger partial charge is 0.323 e. The van der Waals surface area contributed by atoms with Crippen molar-refractivity contribution in [2.45, 2.75) is 13.2 Å². The van der Waals surface area contributed by atoms with Gasteiger partial charge in [0.2, 0.25) is 6.29 Å². The van der Waals surface area contributed by atoms with Gasteiger partial charge in [0.15, 0.2) is 0 Å². The van der Waals surface area contributed by atoms with Gasteiger partial charge in [0.1, 0.15) is 0 Å². The third-order valence-corrected chi connectivity index (χ3v) is 2.75. The van der Waals surface area contributed by atoms with E-state index in [1.807, 2.05) is 0 Å². The Kier molecular flexibility index (Phi) is 6.73. The minimum absolute atomic E-state index is 0.0936. The van der Waals surface area contributed by atoms with Crippen LogP contribution in [-0.4, -0.2) is 89.4 Å². The van der Waals surface area contributed by atoms with E-state index in [9.17, 15) is 19.2 Å². The number of carbonyl (C=O) groups excluding carboxylic acids is 2. The maximum absolute atomic E-state index is 11.6. The van der Waals surface area contributed by atoms with E-state index < -0.39 is 43.3 Å². The van der Waals surface area contributed by atoms with Gasteiger partial charge in [0, 0.05) is 20.0 Å². The Labute approximate surface area is 126 Å². The van der Waals surface area contributed by atoms with E-state index in [1.165, 1.54) is 16.7 Å². The van der Waals surface area contributed by atoms with Crippen LogP contribution in [-0.2, 0) is 28.7 Å². The summed E-state index contributed by atoms with van der Waals surface area (Å²) in [5.41, 5.74) is 0. The molecular formula is C12H18N2O8. The molecule has 10 nitrogen and oxygen atoms in total. The first-order chi connectivity index (χ1) is 10.3. The second-order valence-electron chi connectivity index (χ2n) is 4.76. The summed E-state index contributed by atoms with van der Waals surface area (Å²) in [6, 6.07) is 0. The average molecular weight is 318 g/mol. The molecule has 2 N–H and O–H groups in total. The van der Waals surface area contributed by atoms with Crippen molar-refractivity contribution >= 4 is 23.9 Å². The number of hydrogen-bond acceptors (Lipinski definition) is 8. The van der Waals surface area contributed by atoms with Gasteiger partial charge in [-0.1, -0.05) is 0 Å². The Morgan fingerprint density at radius 1 is 1.00 bits per heavy atom. The molecule has 0 aromatic carbocycles. The summed E-state index contributed by atoms with van der Waals surface area (Å²) in [5, 5.41) is 17.6. The molecule has 10 heteroatoms. The van der Waals surface area contributed by atoms with Crippen LogP contribution in [0.15, 0.2) is 0 Å². The molecule has 0 unspecified atom stereocenters. The van der Waals surface area contributed by atoms with E-state index in [4.69, 9.17) is 19.7 Å². The van der Waals surface area contributed by atoms with Crippen LogP contribution >= 0.6 is 0 Å². The predicted molar refractivity (Wildman–Crippen MR) is 69.8 cm³/mol. The summed E-state index contributed by atoms with van der Waals surface area (Å²) in [6.07, 6.45) is -1.13. The van der Waals surface area contributed by atoms with Crippen LogP contribution < -0.4 is 0 Å². The Hall–Kier alpha value is -2.20. The van der Waals surface area contributed by atoms with Crippen LogP contribution in [0.1, 0.15) is 6.92 Å². The van der Waals surface area contributed by atoms with Crippen LogP contribution in [0.4, 0.5) is 0 Å². The number of ether oxygens (including phenoxy) is 2. The molecule has 124 valence electrons. The molecule has 1 heterocycles. The van der Waals surface area contributed by atoms with Crippen LogP contribution in [0, 0.1) is 0 Å². The number of esters is 2. The molecule has 1 aliphatic rings. The monoisotopic (exact) mass is 318 g/mol. The number of nitrogens with zero attached hydrogens (tertiary/aromatic N) is 2. The number of carbonyl (C=O) groups is 4. The molecule has 1 fully saturated rings. The van der Waals surface area contributed by atoms with Gasteiger partial charge in [-0.25, -0.2) is 0 Å². The fraction of sp³-hybridized carbons (Fsp3) is 0.667. The first-order valence-corrected chi connectivity index (χ1v) is 6.53. The number of hydrogen-bond donors (Lipinski definition) is 2. The maximum atomic E-state index is 11.6. The van der Waals surface area contributed by atoms with Crippen molar-refractivity contribution in [1.29, 1.82) is 0 Å². The summed E-state index contributed by atoms with van der Waals surface area (Å²) in [6.45, 7) is 0.131. The van der Waals surface area contributed by atoms with Gasteiger partial charge in [-0.05, 0) is 0 Å². The van der Waals surface area contributed by atoms with Gasteiger partial charge in [-0.15, -0.1) is 0 Å². The highest BCUT2D eigenvalue weighted by molar-refractivity contribution is 5.76. The van der Waals surface area contributed by atoms with Crippen LogP contribution in [0.3, 0.4) is 0 Å². The molecule has 0 atom stereocenters. The molecule has 0 saturated carbocycles. The van der Waals surface area contributed by atoms with Gasteiger partial charge in [0.05, 0.1) is 26.2 Å². The van der Waals surface area contributed by atoms with Crippen molar-refractivity contribution in [2.24, 2.45) is 0 Å². The number of carboxylic acid groups (broad SMARTS) is 2. The molecule has 1 aliphatic heterocycles. The lowest BCUT2D eigenvalue weighted by molar-refractivity contribution is -0.184. The molecule has 0 bridgehead atoms. The highest BCUT2D eigenvalue weighted by atomic mass is 16.7. The zero-order valence-corrected chi connectivity index (χ0v) is 12.1. The van der Waals surface area contributed by atoms with Crippen molar-refractivity contribution < 1.29 is 38.9 Å². The highest BCUT2D eigenvalue weighted by Crippen LogP contribution is 2.02. The lowest BCUT2D eigenvalue weighted by Gasteiger charge is -2.23. The zero-order valence-electron chi connectivity index (χ0n) is 12.1. The highest BCUT2D eigenvalue weighted by Gasteiger charge is 2.23. The molecule has 1 saturated heterocycles. The second kappa shape index (κ2) is 8.29. The summed E-state index contributed by atoms with van der Waals surface area (Å²) < 4.78 is 9.66. The molecule has 1 rings (SSSR count). The largest absolute Gasteiger partial charge is 0.480 e. The average Bonchev–Trinajstić information content (AvgIpc) is 2.34. The van der Waals surface area contributed by atoms with Crippen molar-refractivity contribution in [2.75, 3.05) is 39.3 Å². The van der Waals surface area contributed by atoms with Gasteiger partial charge in [-0.3, -0.25) is 29.0 Å². The molecule has 0 aromatic rings. The van der Waals surface area contributed by atoms with Gasteiger partial charge >= 0.3 is 23.9 Å². The SMILES string of the molecule is CC1OC(=O)CN(CC(=O)O)CCN(CC(=O)O)CC(=O)O1. The van der Waals surface area contributed by atoms with Gasteiger partial charge in [0.25, 0.3) is 0 Å². The van der Waals surface area contributed by atoms with Crippen molar-refractivity contribution in [3.63, 3.8) is 0 Å². The van der Waals surface area contributed by atoms with Crippen molar-refractivity contribution in [3.8, 4) is 0 Å². The van der Waals surface area contributed by atoms with E-state index in [-0.39, 0.29) is 26.2 Å². The third kappa shape index (κ3) is 6.99. The van der Waals surface area contributed by atoms with Crippen molar-refractivity contribution in [1.82, 2.24) is 9.80 Å². The second-order valence-corrected chi connectivity index (χ2v) is 4.76. The Morgan fingerprint density at radius 2 is 1.36 bits per heavy atom. The Bertz CT molecular complexity index is 412. The maximum Gasteiger partial charge on any atom is 0.323 e. The zero-order chi connectivity index (χ0) is 16.7. The first kappa shape index (κ1) is 17.9. The molecule has 0 spiro atoms. The van der Waals surface area contributed by atoms with Crippen LogP contribution in [0.2, 0.25) is 0 Å². The molecule has 22 heavy (non-hydrogen) atoms. The fourth-order valence-corrected chi connectivity index (χ4v) is 1.93. The van der Waals surface area contributed by atoms with E-state index in [1.54, 1.807) is 0 Å². The van der Waals surface area contributed by atoms with Crippen LogP contribution in [0.25, 0.3) is 0 Å². The molecule has 0 radical (unpaired) electrons. The summed E-state index contributed by atoms with van der Waals surface area (Å²) in [7, 11) is 0. The molecular weight excluding hydrogens is 300 g/mol. The van der Waals surface area contributed by atoms with E-state index in [0.717, 1.165) is 0 Å². The van der Waals surface area contributed by atoms with E-state index in [2.05, 4.69) is 0 Å². The third-order valence-electron chi connectivity index (χ3n) is 2.75. The van der Waals surface area contributed by atoms with E-state index >= 15 is 0 Å².